The zero-order chi connectivity index (χ0) is 13.8. The highest BCUT2D eigenvalue weighted by Gasteiger charge is 2.07. The molecule has 0 fully saturated rings. The third kappa shape index (κ3) is 3.83. The molecule has 0 saturated heterocycles. The maximum atomic E-state index is 13.1. The molecule has 1 atom stereocenters. The van der Waals surface area contributed by atoms with Crippen LogP contribution >= 0.6 is 0 Å². The molecule has 0 amide bonds. The van der Waals surface area contributed by atoms with Crippen molar-refractivity contribution in [2.45, 2.75) is 19.5 Å². The Morgan fingerprint density at radius 3 is 2.26 bits per heavy atom. The molecule has 4 heteroatoms. The monoisotopic (exact) mass is 265 g/mol. The lowest BCUT2D eigenvalue weighted by Crippen LogP contribution is -2.18. The maximum Gasteiger partial charge on any atom is 0.126 e. The first-order valence-corrected chi connectivity index (χ1v) is 5.98. The van der Waals surface area contributed by atoms with Gasteiger partial charge >= 0.3 is 0 Å². The largest absolute Gasteiger partial charge is 0.306 e. The lowest BCUT2D eigenvalue weighted by Gasteiger charge is -2.14. The molecule has 100 valence electrons. The fourth-order valence-corrected chi connectivity index (χ4v) is 1.88. The van der Waals surface area contributed by atoms with Gasteiger partial charge in [0.15, 0.2) is 0 Å². The van der Waals surface area contributed by atoms with Crippen LogP contribution in [0.5, 0.6) is 0 Å². The minimum absolute atomic E-state index is 0.109. The summed E-state index contributed by atoms with van der Waals surface area (Å²) < 4.78 is 39.1. The molecule has 0 aliphatic heterocycles. The van der Waals surface area contributed by atoms with E-state index in [1.54, 1.807) is 12.1 Å². The fraction of sp³-hybridized carbons (Fsp3) is 0.200. The van der Waals surface area contributed by atoms with Gasteiger partial charge in [-0.2, -0.15) is 0 Å². The van der Waals surface area contributed by atoms with Gasteiger partial charge in [-0.15, -0.1) is 0 Å². The van der Waals surface area contributed by atoms with E-state index in [2.05, 4.69) is 5.32 Å². The summed E-state index contributed by atoms with van der Waals surface area (Å²) in [6.07, 6.45) is 0. The molecule has 2 aromatic rings. The van der Waals surface area contributed by atoms with Crippen molar-refractivity contribution in [2.24, 2.45) is 0 Å². The zero-order valence-corrected chi connectivity index (χ0v) is 10.5. The normalized spacial score (nSPS) is 12.4. The summed E-state index contributed by atoms with van der Waals surface area (Å²) in [7, 11) is 0. The average Bonchev–Trinajstić information content (AvgIpc) is 2.35. The van der Waals surface area contributed by atoms with E-state index >= 15 is 0 Å². The van der Waals surface area contributed by atoms with Gasteiger partial charge in [-0.25, -0.2) is 13.2 Å². The molecular formula is C15H14F3N. The molecule has 0 radical (unpaired) electrons. The molecule has 1 N–H and O–H groups in total. The molecule has 19 heavy (non-hydrogen) atoms. The minimum atomic E-state index is -0.602. The van der Waals surface area contributed by atoms with Crippen molar-refractivity contribution in [1.82, 2.24) is 5.32 Å². The van der Waals surface area contributed by atoms with Crippen molar-refractivity contribution in [1.29, 1.82) is 0 Å². The Balaban J connectivity index is 2.02. The number of halogens is 3. The van der Waals surface area contributed by atoms with E-state index in [-0.39, 0.29) is 11.9 Å². The first kappa shape index (κ1) is 13.6. The molecular weight excluding hydrogens is 251 g/mol. The van der Waals surface area contributed by atoms with E-state index in [0.29, 0.717) is 12.1 Å². The number of nitrogens with one attached hydrogen (secondary N) is 1. The standard InChI is InChI=1S/C15H14F3N/c1-10(12-3-2-4-13(16)7-12)19-9-11-5-14(17)8-15(18)6-11/h2-8,10,19H,9H2,1H3/t10-/m1/s1. The van der Waals surface area contributed by atoms with Crippen LogP contribution in [0, 0.1) is 17.5 Å². The van der Waals surface area contributed by atoms with Crippen molar-refractivity contribution in [3.8, 4) is 0 Å². The second kappa shape index (κ2) is 5.89. The third-order valence-corrected chi connectivity index (χ3v) is 2.88. The Bertz CT molecular complexity index is 549. The molecule has 0 unspecified atom stereocenters. The lowest BCUT2D eigenvalue weighted by atomic mass is 10.1. The second-order valence-electron chi connectivity index (χ2n) is 4.44. The van der Waals surface area contributed by atoms with Crippen molar-refractivity contribution in [3.05, 3.63) is 71.0 Å². The Hall–Kier alpha value is -1.81. The molecule has 0 saturated carbocycles. The summed E-state index contributed by atoms with van der Waals surface area (Å²) >= 11 is 0. The number of rotatable bonds is 4. The Morgan fingerprint density at radius 2 is 1.63 bits per heavy atom. The fourth-order valence-electron chi connectivity index (χ4n) is 1.88. The maximum absolute atomic E-state index is 13.1. The summed E-state index contributed by atoms with van der Waals surface area (Å²) in [5.74, 6) is -1.51. The first-order chi connectivity index (χ1) is 9.04. The van der Waals surface area contributed by atoms with Gasteiger partial charge in [0, 0.05) is 18.7 Å². The quantitative estimate of drug-likeness (QED) is 0.882. The molecule has 2 rings (SSSR count). The van der Waals surface area contributed by atoms with E-state index in [0.717, 1.165) is 11.6 Å². The number of benzene rings is 2. The molecule has 1 nitrogen and oxygen atoms in total. The lowest BCUT2D eigenvalue weighted by molar-refractivity contribution is 0.550. The van der Waals surface area contributed by atoms with Crippen LogP contribution in [-0.4, -0.2) is 0 Å². The SMILES string of the molecule is C[C@@H](NCc1cc(F)cc(F)c1)c1cccc(F)c1. The van der Waals surface area contributed by atoms with Crippen molar-refractivity contribution in [2.75, 3.05) is 0 Å². The molecule has 0 heterocycles. The van der Waals surface area contributed by atoms with E-state index in [1.807, 2.05) is 6.92 Å². The van der Waals surface area contributed by atoms with Crippen LogP contribution in [0.4, 0.5) is 13.2 Å². The highest BCUT2D eigenvalue weighted by atomic mass is 19.1. The highest BCUT2D eigenvalue weighted by molar-refractivity contribution is 5.21. The van der Waals surface area contributed by atoms with Gasteiger partial charge in [-0.05, 0) is 42.3 Å². The molecule has 2 aromatic carbocycles. The summed E-state index contributed by atoms with van der Waals surface area (Å²) in [5, 5.41) is 3.10. The summed E-state index contributed by atoms with van der Waals surface area (Å²) in [4.78, 5) is 0. The van der Waals surface area contributed by atoms with Crippen LogP contribution in [-0.2, 0) is 6.54 Å². The smallest absolute Gasteiger partial charge is 0.126 e. The van der Waals surface area contributed by atoms with E-state index in [1.165, 1.54) is 24.3 Å². The van der Waals surface area contributed by atoms with Crippen LogP contribution in [0.2, 0.25) is 0 Å². The first-order valence-electron chi connectivity index (χ1n) is 5.98. The third-order valence-electron chi connectivity index (χ3n) is 2.88. The molecule has 0 spiro atoms. The van der Waals surface area contributed by atoms with Gasteiger partial charge in [0.25, 0.3) is 0 Å². The Kier molecular flexibility index (Phi) is 4.22. The molecule has 0 aliphatic rings. The van der Waals surface area contributed by atoms with E-state index < -0.39 is 11.6 Å². The molecule has 0 aliphatic carbocycles. The topological polar surface area (TPSA) is 12.0 Å². The second-order valence-corrected chi connectivity index (χ2v) is 4.44. The van der Waals surface area contributed by atoms with Gasteiger partial charge in [-0.3, -0.25) is 0 Å². The van der Waals surface area contributed by atoms with Crippen LogP contribution in [0.15, 0.2) is 42.5 Å². The van der Waals surface area contributed by atoms with Crippen LogP contribution in [0.25, 0.3) is 0 Å². The van der Waals surface area contributed by atoms with Gasteiger partial charge in [-0.1, -0.05) is 12.1 Å². The highest BCUT2D eigenvalue weighted by Crippen LogP contribution is 2.15. The molecule has 0 bridgehead atoms. The number of hydrogen-bond donors (Lipinski definition) is 1. The average molecular weight is 265 g/mol. The van der Waals surface area contributed by atoms with Crippen molar-refractivity contribution >= 4 is 0 Å². The van der Waals surface area contributed by atoms with E-state index in [9.17, 15) is 13.2 Å². The van der Waals surface area contributed by atoms with Crippen LogP contribution in [0.3, 0.4) is 0 Å². The van der Waals surface area contributed by atoms with Gasteiger partial charge in [0.2, 0.25) is 0 Å². The Morgan fingerprint density at radius 1 is 0.947 bits per heavy atom. The summed E-state index contributed by atoms with van der Waals surface area (Å²) in [6, 6.07) is 9.50. The van der Waals surface area contributed by atoms with Crippen molar-refractivity contribution in [3.63, 3.8) is 0 Å². The summed E-state index contributed by atoms with van der Waals surface area (Å²) in [6.45, 7) is 2.18. The van der Waals surface area contributed by atoms with Crippen LogP contribution in [0.1, 0.15) is 24.1 Å². The van der Waals surface area contributed by atoms with E-state index in [4.69, 9.17) is 0 Å². The predicted molar refractivity (Wildman–Crippen MR) is 68.0 cm³/mol. The van der Waals surface area contributed by atoms with Gasteiger partial charge in [0.05, 0.1) is 0 Å². The van der Waals surface area contributed by atoms with Crippen molar-refractivity contribution < 1.29 is 13.2 Å². The number of hydrogen-bond acceptors (Lipinski definition) is 1. The van der Waals surface area contributed by atoms with Crippen LogP contribution < -0.4 is 5.32 Å². The Labute approximate surface area is 110 Å². The van der Waals surface area contributed by atoms with Gasteiger partial charge < -0.3 is 5.32 Å². The minimum Gasteiger partial charge on any atom is -0.306 e. The molecule has 0 aromatic heterocycles. The van der Waals surface area contributed by atoms with Gasteiger partial charge in [0.1, 0.15) is 17.5 Å². The summed E-state index contributed by atoms with van der Waals surface area (Å²) in [5.41, 5.74) is 1.30. The predicted octanol–water partition coefficient (Wildman–Crippen LogP) is 3.95. The zero-order valence-electron chi connectivity index (χ0n) is 10.5.